The number of unbranched alkanes of at least 4 members (excludes halogenated alkanes) is 2. The molecule has 0 spiro atoms. The van der Waals surface area contributed by atoms with Crippen LogP contribution in [0.5, 0.6) is 0 Å². The highest BCUT2D eigenvalue weighted by Gasteiger charge is 2.37. The predicted octanol–water partition coefficient (Wildman–Crippen LogP) is 3.94. The van der Waals surface area contributed by atoms with Gasteiger partial charge in [-0.05, 0) is 25.3 Å². The quantitative estimate of drug-likeness (QED) is 0.323. The van der Waals surface area contributed by atoms with E-state index in [0.29, 0.717) is 13.2 Å². The van der Waals surface area contributed by atoms with Crippen LogP contribution in [-0.2, 0) is 15.9 Å². The molecule has 1 heterocycles. The second-order valence-corrected chi connectivity index (χ2v) is 14.1. The number of amides is 2. The number of carbonyl (C=O) groups is 1. The van der Waals surface area contributed by atoms with Crippen molar-refractivity contribution in [3.63, 3.8) is 0 Å². The van der Waals surface area contributed by atoms with E-state index in [1.807, 2.05) is 30.1 Å². The summed E-state index contributed by atoms with van der Waals surface area (Å²) in [4.78, 5) is 12.5. The van der Waals surface area contributed by atoms with E-state index < -0.39 is 8.07 Å². The summed E-state index contributed by atoms with van der Waals surface area (Å²) in [5.74, 6) is -0.205. The van der Waals surface area contributed by atoms with Crippen LogP contribution in [0.1, 0.15) is 38.7 Å². The summed E-state index contributed by atoms with van der Waals surface area (Å²) in [5.41, 5.74) is 4.19. The third kappa shape index (κ3) is 8.08. The highest BCUT2D eigenvalue weighted by Crippen LogP contribution is 2.20. The molecular formula is C22H39N3O3Si. The highest BCUT2D eigenvalue weighted by atomic mass is 28.3. The minimum absolute atomic E-state index is 0.118. The standard InChI is InChI=1S/C22H39N3O3Si/c1-6-8-12-15-25-17-20(28-22(27-7-2)29(3,4)5)19(23-21(26)24-25)16-18-13-10-9-11-14-18/h9-11,13-14,19-20,22H,6-8,12,15-17H2,1-5H3,(H2,23,24,26)/t19-,20-,22?/m1/s1. The van der Waals surface area contributed by atoms with Crippen molar-refractivity contribution < 1.29 is 14.3 Å². The molecule has 0 radical (unpaired) electrons. The molecule has 1 aliphatic rings. The summed E-state index contributed by atoms with van der Waals surface area (Å²) >= 11 is 0. The van der Waals surface area contributed by atoms with Crippen molar-refractivity contribution in [2.75, 3.05) is 19.7 Å². The topological polar surface area (TPSA) is 62.8 Å². The Hall–Kier alpha value is -1.41. The van der Waals surface area contributed by atoms with Crippen LogP contribution in [0.2, 0.25) is 19.6 Å². The van der Waals surface area contributed by atoms with Gasteiger partial charge in [0, 0.05) is 19.7 Å². The van der Waals surface area contributed by atoms with Gasteiger partial charge in [0.25, 0.3) is 0 Å². The van der Waals surface area contributed by atoms with Gasteiger partial charge in [-0.15, -0.1) is 0 Å². The molecule has 7 heteroatoms. The van der Waals surface area contributed by atoms with E-state index >= 15 is 0 Å². The number of nitrogens with one attached hydrogen (secondary N) is 2. The lowest BCUT2D eigenvalue weighted by Gasteiger charge is -2.35. The smallest absolute Gasteiger partial charge is 0.329 e. The summed E-state index contributed by atoms with van der Waals surface area (Å²) < 4.78 is 12.6. The number of hydrogen-bond donors (Lipinski definition) is 2. The van der Waals surface area contributed by atoms with Gasteiger partial charge in [-0.3, -0.25) is 5.43 Å². The predicted molar refractivity (Wildman–Crippen MR) is 120 cm³/mol. The Morgan fingerprint density at radius 1 is 1.17 bits per heavy atom. The molecule has 0 aromatic heterocycles. The lowest BCUT2D eigenvalue weighted by molar-refractivity contribution is -0.137. The van der Waals surface area contributed by atoms with Crippen molar-refractivity contribution in [1.29, 1.82) is 0 Å². The summed E-state index contributed by atoms with van der Waals surface area (Å²) in [6, 6.07) is 9.99. The van der Waals surface area contributed by atoms with Crippen molar-refractivity contribution in [3.05, 3.63) is 35.9 Å². The number of ether oxygens (including phenoxy) is 2. The Morgan fingerprint density at radius 3 is 2.52 bits per heavy atom. The zero-order chi connectivity index (χ0) is 21.3. The van der Waals surface area contributed by atoms with Crippen LogP contribution in [0.4, 0.5) is 4.79 Å². The zero-order valence-electron chi connectivity index (χ0n) is 18.7. The van der Waals surface area contributed by atoms with Gasteiger partial charge in [0.15, 0.2) is 0 Å². The molecule has 164 valence electrons. The van der Waals surface area contributed by atoms with E-state index in [0.717, 1.165) is 32.2 Å². The first-order chi connectivity index (χ1) is 13.8. The van der Waals surface area contributed by atoms with Crippen LogP contribution in [0, 0.1) is 0 Å². The molecule has 0 saturated carbocycles. The van der Waals surface area contributed by atoms with Crippen LogP contribution in [0.25, 0.3) is 0 Å². The third-order valence-corrected chi connectivity index (χ3v) is 6.80. The molecule has 2 amide bonds. The van der Waals surface area contributed by atoms with E-state index in [9.17, 15) is 4.79 Å². The summed E-state index contributed by atoms with van der Waals surface area (Å²) in [6.07, 6.45) is 3.93. The van der Waals surface area contributed by atoms with Gasteiger partial charge in [0.2, 0.25) is 0 Å². The molecule has 6 nitrogen and oxygen atoms in total. The Morgan fingerprint density at radius 2 is 1.90 bits per heavy atom. The Balaban J connectivity index is 2.20. The zero-order valence-corrected chi connectivity index (χ0v) is 19.7. The minimum atomic E-state index is -1.70. The minimum Gasteiger partial charge on any atom is -0.357 e. The van der Waals surface area contributed by atoms with Gasteiger partial charge in [-0.2, -0.15) is 0 Å². The molecule has 1 aromatic rings. The number of benzene rings is 1. The number of rotatable bonds is 11. The molecule has 1 unspecified atom stereocenters. The van der Waals surface area contributed by atoms with Crippen molar-refractivity contribution in [2.24, 2.45) is 0 Å². The first kappa shape index (κ1) is 23.9. The van der Waals surface area contributed by atoms with Crippen LogP contribution in [0.3, 0.4) is 0 Å². The van der Waals surface area contributed by atoms with Gasteiger partial charge >= 0.3 is 6.03 Å². The monoisotopic (exact) mass is 421 g/mol. The van der Waals surface area contributed by atoms with E-state index in [1.165, 1.54) is 5.56 Å². The maximum atomic E-state index is 12.5. The maximum absolute atomic E-state index is 12.5. The molecule has 1 saturated heterocycles. The first-order valence-corrected chi connectivity index (χ1v) is 14.5. The fourth-order valence-electron chi connectivity index (χ4n) is 3.52. The number of hydrogen-bond acceptors (Lipinski definition) is 4. The van der Waals surface area contributed by atoms with Crippen LogP contribution >= 0.6 is 0 Å². The molecule has 1 fully saturated rings. The number of urea groups is 1. The van der Waals surface area contributed by atoms with E-state index in [-0.39, 0.29) is 24.1 Å². The normalized spacial score (nSPS) is 21.9. The van der Waals surface area contributed by atoms with Crippen molar-refractivity contribution >= 4 is 14.1 Å². The van der Waals surface area contributed by atoms with E-state index in [1.54, 1.807) is 0 Å². The summed E-state index contributed by atoms with van der Waals surface area (Å²) in [6.45, 7) is 13.1. The Kier molecular flexibility index (Phi) is 9.62. The van der Waals surface area contributed by atoms with Crippen LogP contribution in [0.15, 0.2) is 30.3 Å². The lowest BCUT2D eigenvalue weighted by Crippen LogP contribution is -2.52. The first-order valence-electron chi connectivity index (χ1n) is 11.0. The van der Waals surface area contributed by atoms with Gasteiger partial charge in [0.1, 0.15) is 14.0 Å². The highest BCUT2D eigenvalue weighted by molar-refractivity contribution is 6.77. The van der Waals surface area contributed by atoms with Gasteiger partial charge in [0.05, 0.1) is 12.1 Å². The summed E-state index contributed by atoms with van der Waals surface area (Å²) in [5, 5.41) is 5.15. The van der Waals surface area contributed by atoms with Crippen molar-refractivity contribution in [2.45, 2.75) is 77.2 Å². The lowest BCUT2D eigenvalue weighted by atomic mass is 10.0. The molecule has 1 aliphatic heterocycles. The molecule has 0 bridgehead atoms. The molecule has 0 aliphatic carbocycles. The molecule has 3 atom stereocenters. The largest absolute Gasteiger partial charge is 0.357 e. The van der Waals surface area contributed by atoms with E-state index in [4.69, 9.17) is 9.47 Å². The van der Waals surface area contributed by atoms with E-state index in [2.05, 4.69) is 49.4 Å². The number of carbonyl (C=O) groups excluding carboxylic acids is 1. The second-order valence-electron chi connectivity index (χ2n) is 8.86. The van der Waals surface area contributed by atoms with Crippen LogP contribution < -0.4 is 10.7 Å². The fourth-order valence-corrected chi connectivity index (χ4v) is 4.77. The van der Waals surface area contributed by atoms with Crippen molar-refractivity contribution in [1.82, 2.24) is 15.8 Å². The van der Waals surface area contributed by atoms with Gasteiger partial charge < -0.3 is 14.8 Å². The second kappa shape index (κ2) is 11.7. The number of nitrogens with zero attached hydrogens (tertiary/aromatic N) is 1. The average Bonchev–Trinajstić information content (AvgIpc) is 2.80. The SMILES string of the molecule is CCCCCN1C[C@@H](OC(OCC)[Si](C)(C)C)[C@@H](Cc2ccccc2)NC(=O)N1. The molecule has 29 heavy (non-hydrogen) atoms. The third-order valence-electron chi connectivity index (χ3n) is 5.08. The molecule has 1 aromatic carbocycles. The fraction of sp³-hybridized carbons (Fsp3) is 0.682. The molecule has 2 rings (SSSR count). The van der Waals surface area contributed by atoms with Gasteiger partial charge in [-0.25, -0.2) is 9.80 Å². The summed E-state index contributed by atoms with van der Waals surface area (Å²) in [7, 11) is -1.70. The van der Waals surface area contributed by atoms with Crippen LogP contribution in [-0.4, -0.2) is 56.9 Å². The maximum Gasteiger partial charge on any atom is 0.329 e. The molecular weight excluding hydrogens is 382 g/mol. The number of hydrazine groups is 1. The average molecular weight is 422 g/mol. The Labute approximate surface area is 177 Å². The Bertz CT molecular complexity index is 609. The van der Waals surface area contributed by atoms with Gasteiger partial charge in [-0.1, -0.05) is 69.7 Å². The van der Waals surface area contributed by atoms with Crippen molar-refractivity contribution in [3.8, 4) is 0 Å². The molecule has 2 N–H and O–H groups in total.